The normalized spacial score (nSPS) is 20.6. The van der Waals surface area contributed by atoms with Crippen molar-refractivity contribution in [1.82, 2.24) is 15.2 Å². The van der Waals surface area contributed by atoms with Crippen molar-refractivity contribution in [3.8, 4) is 0 Å². The number of aromatic nitrogens is 1. The third-order valence-electron chi connectivity index (χ3n) is 5.76. The number of nitrogens with one attached hydrogen (secondary N) is 1. The molecular formula is C22H24ClN3O3. The second-order valence-electron chi connectivity index (χ2n) is 7.69. The minimum Gasteiger partial charge on any atom is -0.370 e. The third kappa shape index (κ3) is 4.60. The number of hydrogen-bond donors (Lipinski definition) is 1. The lowest BCUT2D eigenvalue weighted by Gasteiger charge is -2.39. The van der Waals surface area contributed by atoms with E-state index >= 15 is 0 Å². The summed E-state index contributed by atoms with van der Waals surface area (Å²) in [6, 6.07) is 12.3. The molecule has 0 unspecified atom stereocenters. The molecule has 0 radical (unpaired) electrons. The van der Waals surface area contributed by atoms with Crippen molar-refractivity contribution in [2.75, 3.05) is 19.6 Å². The first-order valence-corrected chi connectivity index (χ1v) is 10.3. The molecule has 29 heavy (non-hydrogen) atoms. The average molecular weight is 414 g/mol. The Hall–Kier alpha value is -2.44. The zero-order valence-corrected chi connectivity index (χ0v) is 16.9. The third-order valence-corrected chi connectivity index (χ3v) is 6.00. The number of rotatable bonds is 4. The van der Waals surface area contributed by atoms with Crippen LogP contribution in [0.15, 0.2) is 48.7 Å². The van der Waals surface area contributed by atoms with Gasteiger partial charge in [-0.3, -0.25) is 14.6 Å². The van der Waals surface area contributed by atoms with Gasteiger partial charge in [0.15, 0.2) is 0 Å². The van der Waals surface area contributed by atoms with E-state index in [4.69, 9.17) is 16.3 Å². The molecule has 1 N–H and O–H groups in total. The number of carbonyl (C=O) groups is 2. The lowest BCUT2D eigenvalue weighted by Crippen LogP contribution is -2.47. The van der Waals surface area contributed by atoms with Gasteiger partial charge in [-0.2, -0.15) is 0 Å². The highest BCUT2D eigenvalue weighted by atomic mass is 35.5. The Bertz CT molecular complexity index is 882. The maximum absolute atomic E-state index is 12.6. The predicted molar refractivity (Wildman–Crippen MR) is 110 cm³/mol. The zero-order valence-electron chi connectivity index (χ0n) is 16.1. The summed E-state index contributed by atoms with van der Waals surface area (Å²) in [6.07, 6.45) is 5.12. The Kier molecular flexibility index (Phi) is 5.83. The van der Waals surface area contributed by atoms with E-state index in [1.54, 1.807) is 42.6 Å². The number of hydrogen-bond acceptors (Lipinski definition) is 4. The number of likely N-dealkylation sites (tertiary alicyclic amines) is 1. The van der Waals surface area contributed by atoms with Gasteiger partial charge in [-0.1, -0.05) is 23.7 Å². The molecule has 0 saturated carbocycles. The molecule has 1 aromatic carbocycles. The fourth-order valence-corrected chi connectivity index (χ4v) is 4.30. The summed E-state index contributed by atoms with van der Waals surface area (Å²) in [6.45, 7) is 1.80. The lowest BCUT2D eigenvalue weighted by molar-refractivity contribution is -0.0712. The lowest BCUT2D eigenvalue weighted by atomic mass is 9.88. The van der Waals surface area contributed by atoms with Gasteiger partial charge in [-0.25, -0.2) is 0 Å². The molecule has 2 aliphatic heterocycles. The summed E-state index contributed by atoms with van der Waals surface area (Å²) < 4.78 is 6.34. The molecule has 1 aromatic heterocycles. The molecular weight excluding hydrogens is 390 g/mol. The Labute approximate surface area is 175 Å². The fourth-order valence-electron chi connectivity index (χ4n) is 4.11. The molecule has 4 rings (SSSR count). The fraction of sp³-hybridized carbons (Fsp3) is 0.409. The van der Waals surface area contributed by atoms with E-state index in [2.05, 4.69) is 10.3 Å². The van der Waals surface area contributed by atoms with Gasteiger partial charge in [0.05, 0.1) is 11.7 Å². The molecule has 152 valence electrons. The second kappa shape index (κ2) is 8.51. The van der Waals surface area contributed by atoms with Gasteiger partial charge < -0.3 is 15.0 Å². The number of piperidine rings is 1. The molecule has 2 aromatic rings. The summed E-state index contributed by atoms with van der Waals surface area (Å²) in [7, 11) is 0. The largest absolute Gasteiger partial charge is 0.370 e. The summed E-state index contributed by atoms with van der Waals surface area (Å²) in [5, 5.41) is 3.49. The Morgan fingerprint density at radius 3 is 2.72 bits per heavy atom. The smallest absolute Gasteiger partial charge is 0.272 e. The Balaban J connectivity index is 1.27. The molecule has 3 heterocycles. The highest BCUT2D eigenvalue weighted by Gasteiger charge is 2.43. The van der Waals surface area contributed by atoms with Crippen molar-refractivity contribution < 1.29 is 14.3 Å². The molecule has 2 amide bonds. The van der Waals surface area contributed by atoms with E-state index < -0.39 is 0 Å². The number of carbonyl (C=O) groups excluding carboxylic acids is 2. The predicted octanol–water partition coefficient (Wildman–Crippen LogP) is 3.32. The highest BCUT2D eigenvalue weighted by molar-refractivity contribution is 6.30. The van der Waals surface area contributed by atoms with Crippen LogP contribution in [0.2, 0.25) is 5.02 Å². The van der Waals surface area contributed by atoms with Crippen molar-refractivity contribution in [3.63, 3.8) is 0 Å². The van der Waals surface area contributed by atoms with Crippen LogP contribution in [0.1, 0.15) is 46.5 Å². The van der Waals surface area contributed by atoms with Gasteiger partial charge in [-0.15, -0.1) is 0 Å². The van der Waals surface area contributed by atoms with Crippen LogP contribution in [-0.4, -0.2) is 53.0 Å². The SMILES string of the molecule is O=C(NC[C@@H]1CCC2(CCN(C(=O)c3ccccn3)CC2)O1)c1cccc(Cl)c1. The molecule has 2 aliphatic rings. The molecule has 2 saturated heterocycles. The van der Waals surface area contributed by atoms with Gasteiger partial charge in [0.25, 0.3) is 11.8 Å². The minimum atomic E-state index is -0.188. The first-order chi connectivity index (χ1) is 14.0. The minimum absolute atomic E-state index is 0.00354. The van der Waals surface area contributed by atoms with E-state index in [0.29, 0.717) is 35.9 Å². The summed E-state index contributed by atoms with van der Waals surface area (Å²) in [4.78, 5) is 30.9. The maximum Gasteiger partial charge on any atom is 0.272 e. The molecule has 0 aliphatic carbocycles. The number of pyridine rings is 1. The van der Waals surface area contributed by atoms with Crippen LogP contribution in [0.4, 0.5) is 0 Å². The number of benzene rings is 1. The van der Waals surface area contributed by atoms with Crippen molar-refractivity contribution >= 4 is 23.4 Å². The average Bonchev–Trinajstić information content (AvgIpc) is 3.15. The van der Waals surface area contributed by atoms with Crippen LogP contribution in [-0.2, 0) is 4.74 Å². The van der Waals surface area contributed by atoms with Crippen molar-refractivity contribution in [2.24, 2.45) is 0 Å². The number of amides is 2. The monoisotopic (exact) mass is 413 g/mol. The van der Waals surface area contributed by atoms with E-state index in [-0.39, 0.29) is 23.5 Å². The standard InChI is InChI=1S/C22H24ClN3O3/c23-17-5-3-4-16(14-17)20(27)25-15-18-7-8-22(29-18)9-12-26(13-10-22)21(28)19-6-1-2-11-24-19/h1-6,11,14,18H,7-10,12-13,15H2,(H,25,27)/t18-/m0/s1. The van der Waals surface area contributed by atoms with E-state index in [1.165, 1.54) is 0 Å². The van der Waals surface area contributed by atoms with E-state index in [9.17, 15) is 9.59 Å². The second-order valence-corrected chi connectivity index (χ2v) is 8.13. The van der Waals surface area contributed by atoms with Gasteiger partial charge in [0, 0.05) is 36.4 Å². The quantitative estimate of drug-likeness (QED) is 0.834. The molecule has 6 nitrogen and oxygen atoms in total. The molecule has 2 fully saturated rings. The van der Waals surface area contributed by atoms with Crippen LogP contribution in [0.25, 0.3) is 0 Å². The Morgan fingerprint density at radius 1 is 1.17 bits per heavy atom. The Morgan fingerprint density at radius 2 is 2.00 bits per heavy atom. The number of nitrogens with zero attached hydrogens (tertiary/aromatic N) is 2. The first kappa shape index (κ1) is 19.9. The first-order valence-electron chi connectivity index (χ1n) is 9.97. The van der Waals surface area contributed by atoms with Gasteiger partial charge in [0.2, 0.25) is 0 Å². The molecule has 7 heteroatoms. The van der Waals surface area contributed by atoms with Crippen LogP contribution in [0, 0.1) is 0 Å². The maximum atomic E-state index is 12.6. The van der Waals surface area contributed by atoms with Gasteiger partial charge >= 0.3 is 0 Å². The number of halogens is 1. The summed E-state index contributed by atoms with van der Waals surface area (Å²) >= 11 is 5.95. The summed E-state index contributed by atoms with van der Waals surface area (Å²) in [5.41, 5.74) is 0.843. The molecule has 1 spiro atoms. The van der Waals surface area contributed by atoms with Crippen LogP contribution < -0.4 is 5.32 Å². The van der Waals surface area contributed by atoms with E-state index in [1.807, 2.05) is 11.0 Å². The molecule has 0 bridgehead atoms. The number of ether oxygens (including phenoxy) is 1. The summed E-state index contributed by atoms with van der Waals surface area (Å²) in [5.74, 6) is -0.170. The zero-order chi connectivity index (χ0) is 20.3. The van der Waals surface area contributed by atoms with Crippen molar-refractivity contribution in [3.05, 3.63) is 64.9 Å². The van der Waals surface area contributed by atoms with E-state index in [0.717, 1.165) is 25.7 Å². The van der Waals surface area contributed by atoms with Gasteiger partial charge in [-0.05, 0) is 56.0 Å². The van der Waals surface area contributed by atoms with Crippen molar-refractivity contribution in [2.45, 2.75) is 37.4 Å². The van der Waals surface area contributed by atoms with Gasteiger partial charge in [0.1, 0.15) is 5.69 Å². The topological polar surface area (TPSA) is 71.5 Å². The van der Waals surface area contributed by atoms with Crippen molar-refractivity contribution in [1.29, 1.82) is 0 Å². The van der Waals surface area contributed by atoms with Crippen LogP contribution in [0.5, 0.6) is 0 Å². The molecule has 1 atom stereocenters. The van der Waals surface area contributed by atoms with Crippen LogP contribution >= 0.6 is 11.6 Å². The highest BCUT2D eigenvalue weighted by Crippen LogP contribution is 2.39. The van der Waals surface area contributed by atoms with Crippen LogP contribution in [0.3, 0.4) is 0 Å².